The minimum atomic E-state index is 0.457. The van der Waals surface area contributed by atoms with Gasteiger partial charge < -0.3 is 14.8 Å². The summed E-state index contributed by atoms with van der Waals surface area (Å²) in [5.41, 5.74) is 1.33. The maximum Gasteiger partial charge on any atom is 0.161 e. The SMILES string of the molecule is CCNC(CC1CC1)c1ccc2c(c1)OCCO2. The van der Waals surface area contributed by atoms with Crippen molar-refractivity contribution in [2.75, 3.05) is 19.8 Å². The number of fused-ring (bicyclic) bond motifs is 1. The molecule has 0 amide bonds. The molecule has 1 unspecified atom stereocenters. The van der Waals surface area contributed by atoms with Crippen LogP contribution in [-0.4, -0.2) is 19.8 Å². The summed E-state index contributed by atoms with van der Waals surface area (Å²) >= 11 is 0. The van der Waals surface area contributed by atoms with E-state index in [1.165, 1.54) is 24.8 Å². The molecule has 18 heavy (non-hydrogen) atoms. The number of nitrogens with one attached hydrogen (secondary N) is 1. The van der Waals surface area contributed by atoms with E-state index in [1.807, 2.05) is 6.07 Å². The summed E-state index contributed by atoms with van der Waals surface area (Å²) in [7, 11) is 0. The van der Waals surface area contributed by atoms with Gasteiger partial charge in [-0.05, 0) is 36.6 Å². The van der Waals surface area contributed by atoms with Crippen LogP contribution in [0.1, 0.15) is 37.8 Å². The molecular weight excluding hydrogens is 226 g/mol. The highest BCUT2D eigenvalue weighted by Crippen LogP contribution is 2.39. The van der Waals surface area contributed by atoms with Gasteiger partial charge in [-0.15, -0.1) is 0 Å². The van der Waals surface area contributed by atoms with E-state index in [4.69, 9.17) is 9.47 Å². The van der Waals surface area contributed by atoms with Crippen LogP contribution in [0.3, 0.4) is 0 Å². The van der Waals surface area contributed by atoms with Crippen LogP contribution in [0.25, 0.3) is 0 Å². The van der Waals surface area contributed by atoms with Crippen molar-refractivity contribution in [2.45, 2.75) is 32.2 Å². The first-order chi connectivity index (χ1) is 8.86. The average Bonchev–Trinajstić information content (AvgIpc) is 3.22. The molecule has 3 nitrogen and oxygen atoms in total. The van der Waals surface area contributed by atoms with Crippen LogP contribution in [0.15, 0.2) is 18.2 Å². The van der Waals surface area contributed by atoms with Crippen molar-refractivity contribution in [2.24, 2.45) is 5.92 Å². The second kappa shape index (κ2) is 5.19. The van der Waals surface area contributed by atoms with Gasteiger partial charge in [0.25, 0.3) is 0 Å². The Labute approximate surface area is 108 Å². The van der Waals surface area contributed by atoms with Gasteiger partial charge in [-0.3, -0.25) is 0 Å². The predicted molar refractivity (Wildman–Crippen MR) is 71.2 cm³/mol. The third-order valence-electron chi connectivity index (χ3n) is 3.69. The summed E-state index contributed by atoms with van der Waals surface area (Å²) in [6, 6.07) is 6.81. The van der Waals surface area contributed by atoms with E-state index in [-0.39, 0.29) is 0 Å². The van der Waals surface area contributed by atoms with E-state index in [1.54, 1.807) is 0 Å². The molecule has 1 aromatic carbocycles. The van der Waals surface area contributed by atoms with Crippen LogP contribution in [-0.2, 0) is 0 Å². The summed E-state index contributed by atoms with van der Waals surface area (Å²) in [5.74, 6) is 2.70. The Morgan fingerprint density at radius 1 is 1.22 bits per heavy atom. The van der Waals surface area contributed by atoms with Crippen LogP contribution in [0.4, 0.5) is 0 Å². The lowest BCUT2D eigenvalue weighted by molar-refractivity contribution is 0.171. The first-order valence-electron chi connectivity index (χ1n) is 6.99. The van der Waals surface area contributed by atoms with Gasteiger partial charge in [0.2, 0.25) is 0 Å². The van der Waals surface area contributed by atoms with Crippen LogP contribution >= 0.6 is 0 Å². The molecule has 3 heteroatoms. The zero-order valence-corrected chi connectivity index (χ0v) is 10.9. The van der Waals surface area contributed by atoms with Crippen molar-refractivity contribution in [3.8, 4) is 11.5 Å². The topological polar surface area (TPSA) is 30.5 Å². The molecule has 0 aromatic heterocycles. The third-order valence-corrected chi connectivity index (χ3v) is 3.69. The predicted octanol–water partition coefficient (Wildman–Crippen LogP) is 2.91. The van der Waals surface area contributed by atoms with Gasteiger partial charge in [-0.2, -0.15) is 0 Å². The van der Waals surface area contributed by atoms with Crippen LogP contribution in [0, 0.1) is 5.92 Å². The lowest BCUT2D eigenvalue weighted by Gasteiger charge is -2.22. The Morgan fingerprint density at radius 2 is 2.00 bits per heavy atom. The van der Waals surface area contributed by atoms with Gasteiger partial charge in [0.15, 0.2) is 11.5 Å². The number of ether oxygens (including phenoxy) is 2. The average molecular weight is 247 g/mol. The Morgan fingerprint density at radius 3 is 2.72 bits per heavy atom. The Hall–Kier alpha value is -1.22. The lowest BCUT2D eigenvalue weighted by Crippen LogP contribution is -2.22. The van der Waals surface area contributed by atoms with Gasteiger partial charge in [0.05, 0.1) is 0 Å². The standard InChI is InChI=1S/C15H21NO2/c1-2-16-13(9-11-3-4-11)12-5-6-14-15(10-12)18-8-7-17-14/h5-6,10-11,13,16H,2-4,7-9H2,1H3. The van der Waals surface area contributed by atoms with Crippen molar-refractivity contribution in [1.29, 1.82) is 0 Å². The quantitative estimate of drug-likeness (QED) is 0.868. The van der Waals surface area contributed by atoms with E-state index in [0.717, 1.165) is 24.0 Å². The van der Waals surface area contributed by atoms with Crippen molar-refractivity contribution >= 4 is 0 Å². The highest BCUT2D eigenvalue weighted by Gasteiger charge is 2.26. The molecule has 1 aliphatic carbocycles. The second-order valence-electron chi connectivity index (χ2n) is 5.19. The summed E-state index contributed by atoms with van der Waals surface area (Å²) in [4.78, 5) is 0. The monoisotopic (exact) mass is 247 g/mol. The second-order valence-corrected chi connectivity index (χ2v) is 5.19. The summed E-state index contributed by atoms with van der Waals surface area (Å²) in [6.45, 7) is 4.49. The van der Waals surface area contributed by atoms with Gasteiger partial charge in [-0.25, -0.2) is 0 Å². The molecule has 98 valence electrons. The number of benzene rings is 1. The summed E-state index contributed by atoms with van der Waals surface area (Å²) in [6.07, 6.45) is 4.03. The van der Waals surface area contributed by atoms with E-state index in [2.05, 4.69) is 24.4 Å². The highest BCUT2D eigenvalue weighted by molar-refractivity contribution is 5.44. The molecule has 1 atom stereocenters. The zero-order valence-electron chi connectivity index (χ0n) is 10.9. The Balaban J connectivity index is 1.79. The Kier molecular flexibility index (Phi) is 3.41. The van der Waals surface area contributed by atoms with E-state index >= 15 is 0 Å². The fourth-order valence-electron chi connectivity index (χ4n) is 2.55. The molecule has 3 rings (SSSR count). The van der Waals surface area contributed by atoms with Crippen molar-refractivity contribution < 1.29 is 9.47 Å². The number of rotatable bonds is 5. The van der Waals surface area contributed by atoms with Gasteiger partial charge in [0, 0.05) is 6.04 Å². The molecule has 1 heterocycles. The molecule has 1 aromatic rings. The number of hydrogen-bond donors (Lipinski definition) is 1. The van der Waals surface area contributed by atoms with Crippen LogP contribution in [0.5, 0.6) is 11.5 Å². The van der Waals surface area contributed by atoms with Gasteiger partial charge in [0.1, 0.15) is 13.2 Å². The molecule has 1 fully saturated rings. The molecule has 0 bridgehead atoms. The molecule has 2 aliphatic rings. The molecule has 1 aliphatic heterocycles. The van der Waals surface area contributed by atoms with Crippen molar-refractivity contribution in [3.05, 3.63) is 23.8 Å². The third kappa shape index (κ3) is 2.61. The zero-order chi connectivity index (χ0) is 12.4. The maximum atomic E-state index is 5.66. The fraction of sp³-hybridized carbons (Fsp3) is 0.600. The molecule has 1 saturated carbocycles. The summed E-state index contributed by atoms with van der Waals surface area (Å²) < 4.78 is 11.2. The lowest BCUT2D eigenvalue weighted by atomic mass is 10.0. The summed E-state index contributed by atoms with van der Waals surface area (Å²) in [5, 5.41) is 3.58. The van der Waals surface area contributed by atoms with Gasteiger partial charge in [-0.1, -0.05) is 25.8 Å². The van der Waals surface area contributed by atoms with Crippen LogP contribution in [0.2, 0.25) is 0 Å². The molecule has 0 radical (unpaired) electrons. The minimum Gasteiger partial charge on any atom is -0.486 e. The molecule has 1 N–H and O–H groups in total. The van der Waals surface area contributed by atoms with Gasteiger partial charge >= 0.3 is 0 Å². The van der Waals surface area contributed by atoms with E-state index < -0.39 is 0 Å². The minimum absolute atomic E-state index is 0.457. The highest BCUT2D eigenvalue weighted by atomic mass is 16.6. The smallest absolute Gasteiger partial charge is 0.161 e. The molecule has 0 saturated heterocycles. The van der Waals surface area contributed by atoms with Crippen LogP contribution < -0.4 is 14.8 Å². The van der Waals surface area contributed by atoms with Crippen molar-refractivity contribution in [1.82, 2.24) is 5.32 Å². The largest absolute Gasteiger partial charge is 0.486 e. The van der Waals surface area contributed by atoms with E-state index in [0.29, 0.717) is 19.3 Å². The first kappa shape index (κ1) is 11.8. The fourth-order valence-corrected chi connectivity index (χ4v) is 2.55. The van der Waals surface area contributed by atoms with Crippen molar-refractivity contribution in [3.63, 3.8) is 0 Å². The molecular formula is C15H21NO2. The normalized spacial score (nSPS) is 19.6. The molecule has 0 spiro atoms. The maximum absolute atomic E-state index is 5.66. The first-order valence-corrected chi connectivity index (χ1v) is 6.99. The Bertz CT molecular complexity index is 415. The number of hydrogen-bond acceptors (Lipinski definition) is 3. The van der Waals surface area contributed by atoms with E-state index in [9.17, 15) is 0 Å².